The minimum atomic E-state index is -0.0775. The Balaban J connectivity index is 2.77. The number of rotatable bonds is 8. The summed E-state index contributed by atoms with van der Waals surface area (Å²) in [7, 11) is 1.62. The normalized spacial score (nSPS) is 12.2. The molecular formula is C14H23NO3. The third-order valence-electron chi connectivity index (χ3n) is 2.75. The molecule has 1 aromatic carbocycles. The summed E-state index contributed by atoms with van der Waals surface area (Å²) in [5.74, 6) is 1.46. The van der Waals surface area contributed by atoms with E-state index in [-0.39, 0.29) is 12.6 Å². The Kier molecular flexibility index (Phi) is 6.54. The molecule has 0 aliphatic heterocycles. The molecule has 0 radical (unpaired) electrons. The van der Waals surface area contributed by atoms with Gasteiger partial charge in [-0.25, -0.2) is 0 Å². The standard InChI is InChI=1S/C14H23NO3/c1-3-9-18-13-7-6-11(10-14(13)17-2)12(15)5-4-8-16/h6-7,10,12,16H,3-5,8-9,15H2,1-2H3. The predicted octanol–water partition coefficient (Wildman–Crippen LogP) is 2.26. The van der Waals surface area contributed by atoms with Crippen LogP contribution in [0.2, 0.25) is 0 Å². The molecule has 0 saturated carbocycles. The van der Waals surface area contributed by atoms with E-state index >= 15 is 0 Å². The Bertz CT molecular complexity index is 355. The number of methoxy groups -OCH3 is 1. The van der Waals surface area contributed by atoms with E-state index in [0.29, 0.717) is 18.8 Å². The second-order valence-electron chi connectivity index (χ2n) is 4.23. The van der Waals surface area contributed by atoms with E-state index in [2.05, 4.69) is 6.92 Å². The molecular weight excluding hydrogens is 230 g/mol. The fourth-order valence-electron chi connectivity index (χ4n) is 1.72. The Morgan fingerprint density at radius 2 is 2.11 bits per heavy atom. The molecule has 102 valence electrons. The summed E-state index contributed by atoms with van der Waals surface area (Å²) in [6.07, 6.45) is 2.42. The number of nitrogens with two attached hydrogens (primary N) is 1. The first kappa shape index (κ1) is 14.8. The van der Waals surface area contributed by atoms with E-state index in [1.165, 1.54) is 0 Å². The van der Waals surface area contributed by atoms with Crippen LogP contribution in [0.1, 0.15) is 37.8 Å². The summed E-state index contributed by atoms with van der Waals surface area (Å²) in [5, 5.41) is 8.80. The zero-order valence-electron chi connectivity index (χ0n) is 11.2. The van der Waals surface area contributed by atoms with Crippen LogP contribution in [0.5, 0.6) is 11.5 Å². The van der Waals surface area contributed by atoms with Gasteiger partial charge < -0.3 is 20.3 Å². The number of hydrogen-bond donors (Lipinski definition) is 2. The van der Waals surface area contributed by atoms with Crippen LogP contribution >= 0.6 is 0 Å². The van der Waals surface area contributed by atoms with E-state index in [9.17, 15) is 0 Å². The van der Waals surface area contributed by atoms with E-state index in [1.54, 1.807) is 7.11 Å². The SMILES string of the molecule is CCCOc1ccc(C(N)CCCO)cc1OC. The predicted molar refractivity (Wildman–Crippen MR) is 72.0 cm³/mol. The number of benzene rings is 1. The highest BCUT2D eigenvalue weighted by molar-refractivity contribution is 5.43. The molecule has 4 heteroatoms. The average molecular weight is 253 g/mol. The van der Waals surface area contributed by atoms with Crippen LogP contribution in [0, 0.1) is 0 Å². The van der Waals surface area contributed by atoms with Crippen molar-refractivity contribution < 1.29 is 14.6 Å². The van der Waals surface area contributed by atoms with Crippen molar-refractivity contribution in [1.82, 2.24) is 0 Å². The molecule has 0 aliphatic rings. The monoisotopic (exact) mass is 253 g/mol. The molecule has 0 amide bonds. The maximum atomic E-state index is 8.80. The van der Waals surface area contributed by atoms with Crippen molar-refractivity contribution in [3.05, 3.63) is 23.8 Å². The van der Waals surface area contributed by atoms with E-state index < -0.39 is 0 Å². The molecule has 1 atom stereocenters. The Hall–Kier alpha value is -1.26. The largest absolute Gasteiger partial charge is 0.493 e. The summed E-state index contributed by atoms with van der Waals surface area (Å²) in [4.78, 5) is 0. The van der Waals surface area contributed by atoms with Crippen molar-refractivity contribution in [3.63, 3.8) is 0 Å². The molecule has 3 N–H and O–H groups in total. The first-order valence-electron chi connectivity index (χ1n) is 6.40. The lowest BCUT2D eigenvalue weighted by Crippen LogP contribution is -2.11. The number of hydrogen-bond acceptors (Lipinski definition) is 4. The second-order valence-corrected chi connectivity index (χ2v) is 4.23. The van der Waals surface area contributed by atoms with Crippen LogP contribution in [0.25, 0.3) is 0 Å². The Morgan fingerprint density at radius 1 is 1.33 bits per heavy atom. The summed E-state index contributed by atoms with van der Waals surface area (Å²) < 4.78 is 10.9. The smallest absolute Gasteiger partial charge is 0.161 e. The van der Waals surface area contributed by atoms with Gasteiger partial charge in [-0.1, -0.05) is 13.0 Å². The fourth-order valence-corrected chi connectivity index (χ4v) is 1.72. The number of aliphatic hydroxyl groups is 1. The van der Waals surface area contributed by atoms with Crippen molar-refractivity contribution in [3.8, 4) is 11.5 Å². The highest BCUT2D eigenvalue weighted by atomic mass is 16.5. The van der Waals surface area contributed by atoms with Crippen molar-refractivity contribution >= 4 is 0 Å². The zero-order chi connectivity index (χ0) is 13.4. The zero-order valence-corrected chi connectivity index (χ0v) is 11.2. The third kappa shape index (κ3) is 4.20. The molecule has 0 spiro atoms. The van der Waals surface area contributed by atoms with Crippen LogP contribution in [-0.4, -0.2) is 25.4 Å². The second kappa shape index (κ2) is 7.95. The van der Waals surface area contributed by atoms with Gasteiger partial charge in [0.25, 0.3) is 0 Å². The quantitative estimate of drug-likeness (QED) is 0.746. The van der Waals surface area contributed by atoms with E-state index in [1.807, 2.05) is 18.2 Å². The molecule has 0 heterocycles. The van der Waals surface area contributed by atoms with Gasteiger partial charge in [-0.3, -0.25) is 0 Å². The highest BCUT2D eigenvalue weighted by Gasteiger charge is 2.10. The summed E-state index contributed by atoms with van der Waals surface area (Å²) in [6.45, 7) is 2.90. The van der Waals surface area contributed by atoms with Gasteiger partial charge in [-0.05, 0) is 37.0 Å². The van der Waals surface area contributed by atoms with Gasteiger partial charge >= 0.3 is 0 Å². The van der Waals surface area contributed by atoms with Crippen molar-refractivity contribution in [2.24, 2.45) is 5.73 Å². The van der Waals surface area contributed by atoms with Gasteiger partial charge in [0.05, 0.1) is 13.7 Å². The van der Waals surface area contributed by atoms with Crippen LogP contribution in [0.3, 0.4) is 0 Å². The van der Waals surface area contributed by atoms with Crippen molar-refractivity contribution in [1.29, 1.82) is 0 Å². The molecule has 1 unspecified atom stereocenters. The number of aliphatic hydroxyl groups excluding tert-OH is 1. The first-order chi connectivity index (χ1) is 8.72. The molecule has 0 aromatic heterocycles. The summed E-state index contributed by atoms with van der Waals surface area (Å²) >= 11 is 0. The van der Waals surface area contributed by atoms with Gasteiger partial charge in [-0.15, -0.1) is 0 Å². The molecule has 1 aromatic rings. The Morgan fingerprint density at radius 3 is 2.72 bits per heavy atom. The maximum Gasteiger partial charge on any atom is 0.161 e. The summed E-state index contributed by atoms with van der Waals surface area (Å²) in [6, 6.07) is 5.68. The lowest BCUT2D eigenvalue weighted by Gasteiger charge is -2.15. The lowest BCUT2D eigenvalue weighted by atomic mass is 10.0. The minimum absolute atomic E-state index is 0.0775. The van der Waals surface area contributed by atoms with Gasteiger partial charge in [0.15, 0.2) is 11.5 Å². The Labute approximate surface area is 109 Å². The van der Waals surface area contributed by atoms with Gasteiger partial charge in [-0.2, -0.15) is 0 Å². The van der Waals surface area contributed by atoms with Gasteiger partial charge in [0, 0.05) is 12.6 Å². The molecule has 0 bridgehead atoms. The average Bonchev–Trinajstić information content (AvgIpc) is 2.42. The minimum Gasteiger partial charge on any atom is -0.493 e. The number of ether oxygens (including phenoxy) is 2. The van der Waals surface area contributed by atoms with E-state index in [0.717, 1.165) is 24.2 Å². The first-order valence-corrected chi connectivity index (χ1v) is 6.40. The van der Waals surface area contributed by atoms with E-state index in [4.69, 9.17) is 20.3 Å². The molecule has 0 saturated heterocycles. The van der Waals surface area contributed by atoms with Crippen LogP contribution in [0.4, 0.5) is 0 Å². The topological polar surface area (TPSA) is 64.7 Å². The van der Waals surface area contributed by atoms with Crippen LogP contribution in [0.15, 0.2) is 18.2 Å². The molecule has 18 heavy (non-hydrogen) atoms. The molecule has 1 rings (SSSR count). The molecule has 0 fully saturated rings. The van der Waals surface area contributed by atoms with Crippen molar-refractivity contribution in [2.45, 2.75) is 32.2 Å². The molecule has 0 aliphatic carbocycles. The molecule has 4 nitrogen and oxygen atoms in total. The van der Waals surface area contributed by atoms with Gasteiger partial charge in [0.1, 0.15) is 0 Å². The summed E-state index contributed by atoms with van der Waals surface area (Å²) in [5.41, 5.74) is 7.05. The van der Waals surface area contributed by atoms with Crippen molar-refractivity contribution in [2.75, 3.05) is 20.3 Å². The van der Waals surface area contributed by atoms with Crippen LogP contribution in [-0.2, 0) is 0 Å². The third-order valence-corrected chi connectivity index (χ3v) is 2.75. The fraction of sp³-hybridized carbons (Fsp3) is 0.571. The van der Waals surface area contributed by atoms with Crippen LogP contribution < -0.4 is 15.2 Å². The maximum absolute atomic E-state index is 8.80. The lowest BCUT2D eigenvalue weighted by molar-refractivity contribution is 0.279. The van der Waals surface area contributed by atoms with Gasteiger partial charge in [0.2, 0.25) is 0 Å². The highest BCUT2D eigenvalue weighted by Crippen LogP contribution is 2.30.